The fraction of sp³-hybridized carbons (Fsp3) is 0.606. The van der Waals surface area contributed by atoms with Crippen LogP contribution >= 0.6 is 0 Å². The third-order valence-electron chi connectivity index (χ3n) is 9.01. The van der Waals surface area contributed by atoms with Crippen LogP contribution in [0.4, 0.5) is 8.78 Å². The van der Waals surface area contributed by atoms with Crippen molar-refractivity contribution in [3.05, 3.63) is 71.3 Å². The van der Waals surface area contributed by atoms with Gasteiger partial charge >= 0.3 is 0 Å². The number of carbonyl (C=O) groups is 1. The average Bonchev–Trinajstić information content (AvgIpc) is 2.91. The minimum absolute atomic E-state index is 0.149. The van der Waals surface area contributed by atoms with E-state index < -0.39 is 0 Å². The SMILES string of the molecule is O=C(CCCCC1CCC(c2ccc(F)cc2)CC1)CCCCC1CCC(c2ccc(F)cc2)CC1. The van der Waals surface area contributed by atoms with Gasteiger partial charge < -0.3 is 0 Å². The van der Waals surface area contributed by atoms with E-state index >= 15 is 0 Å². The number of carbonyl (C=O) groups excluding carboxylic acids is 1. The summed E-state index contributed by atoms with van der Waals surface area (Å²) < 4.78 is 26.3. The van der Waals surface area contributed by atoms with Crippen molar-refractivity contribution in [2.24, 2.45) is 11.8 Å². The molecule has 36 heavy (non-hydrogen) atoms. The molecule has 1 nitrogen and oxygen atoms in total. The predicted molar refractivity (Wildman–Crippen MR) is 144 cm³/mol. The molecule has 196 valence electrons. The molecule has 2 aromatic rings. The van der Waals surface area contributed by atoms with Crippen LogP contribution in [0.25, 0.3) is 0 Å². The molecule has 0 N–H and O–H groups in total. The maximum atomic E-state index is 13.1. The highest BCUT2D eigenvalue weighted by atomic mass is 19.1. The molecule has 0 atom stereocenters. The minimum Gasteiger partial charge on any atom is -0.300 e. The van der Waals surface area contributed by atoms with Gasteiger partial charge in [-0.25, -0.2) is 8.78 Å². The minimum atomic E-state index is -0.149. The first-order valence-corrected chi connectivity index (χ1v) is 14.6. The molecule has 0 aliphatic heterocycles. The number of halogens is 2. The molecule has 3 heteroatoms. The number of Topliss-reactive ketones (excluding diaryl/α,β-unsaturated/α-hetero) is 1. The van der Waals surface area contributed by atoms with E-state index in [4.69, 9.17) is 0 Å². The van der Waals surface area contributed by atoms with Gasteiger partial charge in [-0.3, -0.25) is 4.79 Å². The van der Waals surface area contributed by atoms with Crippen LogP contribution in [0, 0.1) is 23.5 Å². The molecular weight excluding hydrogens is 450 g/mol. The summed E-state index contributed by atoms with van der Waals surface area (Å²) in [5.74, 6) is 2.94. The topological polar surface area (TPSA) is 17.1 Å². The van der Waals surface area contributed by atoms with E-state index in [1.165, 1.54) is 88.2 Å². The van der Waals surface area contributed by atoms with Crippen LogP contribution in [-0.4, -0.2) is 5.78 Å². The van der Waals surface area contributed by atoms with Crippen molar-refractivity contribution in [3.63, 3.8) is 0 Å². The van der Waals surface area contributed by atoms with Crippen LogP contribution in [0.3, 0.4) is 0 Å². The molecule has 0 radical (unpaired) electrons. The third kappa shape index (κ3) is 8.53. The Morgan fingerprint density at radius 2 is 0.917 bits per heavy atom. The van der Waals surface area contributed by atoms with Crippen LogP contribution in [0.5, 0.6) is 0 Å². The van der Waals surface area contributed by atoms with Gasteiger partial charge in [0.25, 0.3) is 0 Å². The van der Waals surface area contributed by atoms with E-state index in [1.807, 2.05) is 24.3 Å². The molecule has 0 spiro atoms. The smallest absolute Gasteiger partial charge is 0.132 e. The van der Waals surface area contributed by atoms with Crippen LogP contribution < -0.4 is 0 Å². The summed E-state index contributed by atoms with van der Waals surface area (Å²) in [5, 5.41) is 0. The predicted octanol–water partition coefficient (Wildman–Crippen LogP) is 9.90. The zero-order valence-corrected chi connectivity index (χ0v) is 21.9. The maximum absolute atomic E-state index is 13.1. The largest absolute Gasteiger partial charge is 0.300 e. The molecule has 0 bridgehead atoms. The van der Waals surface area contributed by atoms with Crippen molar-refractivity contribution in [2.75, 3.05) is 0 Å². The highest BCUT2D eigenvalue weighted by Crippen LogP contribution is 2.39. The lowest BCUT2D eigenvalue weighted by molar-refractivity contribution is -0.119. The molecule has 0 aromatic heterocycles. The second-order valence-electron chi connectivity index (χ2n) is 11.6. The van der Waals surface area contributed by atoms with Crippen molar-refractivity contribution in [1.29, 1.82) is 0 Å². The first-order chi connectivity index (χ1) is 17.6. The average molecular weight is 495 g/mol. The van der Waals surface area contributed by atoms with E-state index in [-0.39, 0.29) is 11.6 Å². The van der Waals surface area contributed by atoms with Crippen LogP contribution in [0.15, 0.2) is 48.5 Å². The Kier molecular flexibility index (Phi) is 10.5. The molecule has 2 fully saturated rings. The summed E-state index contributed by atoms with van der Waals surface area (Å²) >= 11 is 0. The first-order valence-electron chi connectivity index (χ1n) is 14.6. The highest BCUT2D eigenvalue weighted by molar-refractivity contribution is 5.78. The maximum Gasteiger partial charge on any atom is 0.132 e. The fourth-order valence-corrected chi connectivity index (χ4v) is 6.67. The van der Waals surface area contributed by atoms with Crippen LogP contribution in [0.2, 0.25) is 0 Å². The molecule has 0 unspecified atom stereocenters. The van der Waals surface area contributed by atoms with Gasteiger partial charge in [0.2, 0.25) is 0 Å². The number of benzene rings is 2. The van der Waals surface area contributed by atoms with Gasteiger partial charge in [0.15, 0.2) is 0 Å². The lowest BCUT2D eigenvalue weighted by Gasteiger charge is -2.29. The van der Waals surface area contributed by atoms with Gasteiger partial charge in [-0.2, -0.15) is 0 Å². The number of hydrogen-bond acceptors (Lipinski definition) is 1. The zero-order chi connectivity index (χ0) is 25.2. The molecule has 0 saturated heterocycles. The Labute approximate surface area is 217 Å². The van der Waals surface area contributed by atoms with Gasteiger partial charge in [0.1, 0.15) is 17.4 Å². The van der Waals surface area contributed by atoms with Gasteiger partial charge in [-0.1, -0.05) is 49.9 Å². The Balaban J connectivity index is 0.993. The monoisotopic (exact) mass is 494 g/mol. The summed E-state index contributed by atoms with van der Waals surface area (Å²) in [6.45, 7) is 0. The molecule has 4 rings (SSSR count). The normalized spacial score (nSPS) is 24.5. The van der Waals surface area contributed by atoms with Gasteiger partial charge in [0.05, 0.1) is 0 Å². The lowest BCUT2D eigenvalue weighted by atomic mass is 9.77. The third-order valence-corrected chi connectivity index (χ3v) is 9.01. The summed E-state index contributed by atoms with van der Waals surface area (Å²) in [4.78, 5) is 12.3. The molecule has 0 heterocycles. The number of ketones is 1. The summed E-state index contributed by atoms with van der Waals surface area (Å²) in [5.41, 5.74) is 2.58. The number of hydrogen-bond donors (Lipinski definition) is 0. The van der Waals surface area contributed by atoms with Gasteiger partial charge in [-0.05, 0) is 123 Å². The summed E-state index contributed by atoms with van der Waals surface area (Å²) in [7, 11) is 0. The molecular formula is C33H44F2O. The molecule has 2 saturated carbocycles. The van der Waals surface area contributed by atoms with Crippen molar-refractivity contribution >= 4 is 5.78 Å². The second kappa shape index (κ2) is 14.1. The Morgan fingerprint density at radius 3 is 1.28 bits per heavy atom. The Hall–Kier alpha value is -2.03. The van der Waals surface area contributed by atoms with E-state index in [9.17, 15) is 13.6 Å². The van der Waals surface area contributed by atoms with E-state index in [1.54, 1.807) is 24.3 Å². The van der Waals surface area contributed by atoms with E-state index in [2.05, 4.69) is 0 Å². The highest BCUT2D eigenvalue weighted by Gasteiger charge is 2.23. The van der Waals surface area contributed by atoms with Gasteiger partial charge in [-0.15, -0.1) is 0 Å². The van der Waals surface area contributed by atoms with Crippen molar-refractivity contribution < 1.29 is 13.6 Å². The summed E-state index contributed by atoms with van der Waals surface area (Å²) in [6.07, 6.45) is 18.4. The Morgan fingerprint density at radius 1 is 0.556 bits per heavy atom. The number of rotatable bonds is 12. The van der Waals surface area contributed by atoms with E-state index in [0.29, 0.717) is 17.6 Å². The number of unbranched alkanes of at least 4 members (excludes halogenated alkanes) is 2. The standard InChI is InChI=1S/C33H44F2O/c34-31-21-17-29(18-22-31)27-13-9-25(10-14-27)5-1-3-7-33(36)8-4-2-6-26-11-15-28(16-12-26)30-19-23-32(35)24-20-30/h17-28H,1-16H2. The molecule has 2 aromatic carbocycles. The van der Waals surface area contributed by atoms with Gasteiger partial charge in [0, 0.05) is 12.8 Å². The van der Waals surface area contributed by atoms with Crippen molar-refractivity contribution in [1.82, 2.24) is 0 Å². The second-order valence-corrected chi connectivity index (χ2v) is 11.6. The van der Waals surface area contributed by atoms with E-state index in [0.717, 1.165) is 37.5 Å². The molecule has 2 aliphatic carbocycles. The zero-order valence-electron chi connectivity index (χ0n) is 21.9. The van der Waals surface area contributed by atoms with Crippen LogP contribution in [-0.2, 0) is 4.79 Å². The molecule has 0 amide bonds. The van der Waals surface area contributed by atoms with Crippen LogP contribution in [0.1, 0.15) is 126 Å². The molecule has 2 aliphatic rings. The Bertz CT molecular complexity index is 828. The quantitative estimate of drug-likeness (QED) is 0.268. The first kappa shape index (κ1) is 27.0. The van der Waals surface area contributed by atoms with Crippen molar-refractivity contribution in [2.45, 2.75) is 115 Å². The lowest BCUT2D eigenvalue weighted by Crippen LogP contribution is -2.13. The summed E-state index contributed by atoms with van der Waals surface area (Å²) in [6, 6.07) is 14.1. The fourth-order valence-electron chi connectivity index (χ4n) is 6.67. The van der Waals surface area contributed by atoms with Crippen molar-refractivity contribution in [3.8, 4) is 0 Å².